The summed E-state index contributed by atoms with van der Waals surface area (Å²) in [5, 5.41) is 3.16. The summed E-state index contributed by atoms with van der Waals surface area (Å²) in [5.74, 6) is -1.37. The summed E-state index contributed by atoms with van der Waals surface area (Å²) in [6.07, 6.45) is 5.52. The Hall–Kier alpha value is -3.62. The van der Waals surface area contributed by atoms with E-state index in [4.69, 9.17) is 5.73 Å². The van der Waals surface area contributed by atoms with Gasteiger partial charge >= 0.3 is 0 Å². The average molecular weight is 425 g/mol. The van der Waals surface area contributed by atoms with Gasteiger partial charge in [0.15, 0.2) is 5.82 Å². The van der Waals surface area contributed by atoms with Gasteiger partial charge in [-0.1, -0.05) is 6.42 Å². The first-order valence-electron chi connectivity index (χ1n) is 9.98. The summed E-state index contributed by atoms with van der Waals surface area (Å²) in [6, 6.07) is 8.13. The molecular formula is C22H21F2N5O2. The van der Waals surface area contributed by atoms with Crippen LogP contribution in [-0.4, -0.2) is 26.5 Å². The van der Waals surface area contributed by atoms with Crippen LogP contribution in [0.1, 0.15) is 25.7 Å². The topological polar surface area (TPSA) is 103 Å². The fraction of sp³-hybridized carbons (Fsp3) is 0.273. The average Bonchev–Trinajstić information content (AvgIpc) is 2.76. The Bertz CT molecular complexity index is 1160. The van der Waals surface area contributed by atoms with Crippen molar-refractivity contribution in [3.8, 4) is 16.9 Å². The number of carbonyl (C=O) groups is 1. The van der Waals surface area contributed by atoms with Gasteiger partial charge in [0.05, 0.1) is 6.20 Å². The van der Waals surface area contributed by atoms with Gasteiger partial charge in [-0.15, -0.1) is 0 Å². The van der Waals surface area contributed by atoms with Crippen molar-refractivity contribution in [2.75, 3.05) is 5.32 Å². The second-order valence-corrected chi connectivity index (χ2v) is 7.60. The summed E-state index contributed by atoms with van der Waals surface area (Å²) >= 11 is 0. The highest BCUT2D eigenvalue weighted by atomic mass is 19.1. The highest BCUT2D eigenvalue weighted by Gasteiger charge is 2.26. The van der Waals surface area contributed by atoms with Crippen LogP contribution in [0.25, 0.3) is 16.9 Å². The lowest BCUT2D eigenvalue weighted by Gasteiger charge is -2.27. The van der Waals surface area contributed by atoms with Gasteiger partial charge in [-0.05, 0) is 49.6 Å². The zero-order chi connectivity index (χ0) is 22.0. The van der Waals surface area contributed by atoms with E-state index in [-0.39, 0.29) is 35.1 Å². The van der Waals surface area contributed by atoms with Crippen LogP contribution in [0.15, 0.2) is 53.6 Å². The maximum atomic E-state index is 14.5. The van der Waals surface area contributed by atoms with E-state index in [1.807, 2.05) is 0 Å². The molecule has 0 unspecified atom stereocenters. The minimum absolute atomic E-state index is 0.0237. The molecule has 7 nitrogen and oxygen atoms in total. The minimum Gasteiger partial charge on any atom is -0.369 e. The molecule has 1 fully saturated rings. The first-order valence-corrected chi connectivity index (χ1v) is 9.98. The van der Waals surface area contributed by atoms with Gasteiger partial charge in [-0.2, -0.15) is 0 Å². The van der Waals surface area contributed by atoms with Crippen LogP contribution in [0.5, 0.6) is 0 Å². The molecule has 1 amide bonds. The highest BCUT2D eigenvalue weighted by molar-refractivity contribution is 5.76. The smallest absolute Gasteiger partial charge is 0.255 e. The van der Waals surface area contributed by atoms with Crippen LogP contribution < -0.4 is 16.6 Å². The van der Waals surface area contributed by atoms with Crippen LogP contribution in [0.2, 0.25) is 0 Å². The van der Waals surface area contributed by atoms with Gasteiger partial charge in [-0.3, -0.25) is 14.2 Å². The molecule has 4 rings (SSSR count). The van der Waals surface area contributed by atoms with Crippen LogP contribution >= 0.6 is 0 Å². The SMILES string of the molecule is NC(=O)[C@H]1CCC[C@@H](Nc2ncc(F)c(-c3ccc(=O)n(-c4ccc(F)cc4)c3)n2)C1. The normalized spacial score (nSPS) is 18.5. The number of nitrogens with one attached hydrogen (secondary N) is 1. The highest BCUT2D eigenvalue weighted by Crippen LogP contribution is 2.27. The summed E-state index contributed by atoms with van der Waals surface area (Å²) in [4.78, 5) is 32.1. The van der Waals surface area contributed by atoms with Gasteiger partial charge in [-0.25, -0.2) is 18.7 Å². The van der Waals surface area contributed by atoms with Crippen molar-refractivity contribution in [3.05, 3.63) is 70.8 Å². The van der Waals surface area contributed by atoms with E-state index in [0.717, 1.165) is 25.5 Å². The first-order chi connectivity index (χ1) is 14.9. The van der Waals surface area contributed by atoms with Gasteiger partial charge < -0.3 is 11.1 Å². The van der Waals surface area contributed by atoms with Gasteiger partial charge in [0.1, 0.15) is 11.5 Å². The standard InChI is InChI=1S/C22H21F2N5O2/c23-15-5-7-17(8-6-15)29-12-14(4-9-19(29)30)20-18(24)11-26-22(28-20)27-16-3-1-2-13(10-16)21(25)31/h4-9,11-13,16H,1-3,10H2,(H2,25,31)(H,26,27,28)/t13-,16+/m0/s1. The Kier molecular flexibility index (Phi) is 5.75. The Morgan fingerprint density at radius 3 is 2.65 bits per heavy atom. The number of aromatic nitrogens is 3. The van der Waals surface area contributed by atoms with Crippen molar-refractivity contribution in [1.82, 2.24) is 14.5 Å². The second-order valence-electron chi connectivity index (χ2n) is 7.60. The molecule has 1 aliphatic carbocycles. The third-order valence-electron chi connectivity index (χ3n) is 5.44. The van der Waals surface area contributed by atoms with Gasteiger partial charge in [0.2, 0.25) is 11.9 Å². The van der Waals surface area contributed by atoms with E-state index in [0.29, 0.717) is 17.7 Å². The number of rotatable bonds is 5. The van der Waals surface area contributed by atoms with E-state index < -0.39 is 11.6 Å². The molecule has 1 aromatic carbocycles. The number of amides is 1. The van der Waals surface area contributed by atoms with E-state index >= 15 is 0 Å². The maximum Gasteiger partial charge on any atom is 0.255 e. The number of anilines is 1. The predicted octanol–water partition coefficient (Wildman–Crippen LogP) is 3.03. The number of halogens is 2. The number of benzene rings is 1. The van der Waals surface area contributed by atoms with E-state index in [1.54, 1.807) is 0 Å². The van der Waals surface area contributed by atoms with Crippen LogP contribution in [0, 0.1) is 17.6 Å². The number of nitrogens with two attached hydrogens (primary N) is 1. The number of hydrogen-bond donors (Lipinski definition) is 2. The van der Waals surface area contributed by atoms with Gasteiger partial charge in [0, 0.05) is 35.5 Å². The molecule has 1 saturated carbocycles. The molecule has 160 valence electrons. The van der Waals surface area contributed by atoms with E-state index in [1.165, 1.54) is 47.2 Å². The molecule has 0 saturated heterocycles. The van der Waals surface area contributed by atoms with Crippen molar-refractivity contribution in [2.24, 2.45) is 11.7 Å². The van der Waals surface area contributed by atoms with Crippen LogP contribution in [-0.2, 0) is 4.79 Å². The van der Waals surface area contributed by atoms with E-state index in [2.05, 4.69) is 15.3 Å². The number of pyridine rings is 1. The lowest BCUT2D eigenvalue weighted by molar-refractivity contribution is -0.122. The lowest BCUT2D eigenvalue weighted by Crippen LogP contribution is -2.34. The summed E-state index contributed by atoms with van der Waals surface area (Å²) in [7, 11) is 0. The number of hydrogen-bond acceptors (Lipinski definition) is 5. The molecule has 31 heavy (non-hydrogen) atoms. The third-order valence-corrected chi connectivity index (χ3v) is 5.44. The Morgan fingerprint density at radius 1 is 1.13 bits per heavy atom. The molecule has 3 N–H and O–H groups in total. The molecule has 9 heteroatoms. The van der Waals surface area contributed by atoms with E-state index in [9.17, 15) is 18.4 Å². The monoisotopic (exact) mass is 425 g/mol. The van der Waals surface area contributed by atoms with Crippen molar-refractivity contribution in [2.45, 2.75) is 31.7 Å². The van der Waals surface area contributed by atoms with Crippen molar-refractivity contribution in [1.29, 1.82) is 0 Å². The number of carbonyl (C=O) groups excluding carboxylic acids is 1. The molecule has 3 aromatic rings. The summed E-state index contributed by atoms with van der Waals surface area (Å²) < 4.78 is 29.1. The second kappa shape index (κ2) is 8.63. The molecule has 0 radical (unpaired) electrons. The molecule has 0 bridgehead atoms. The van der Waals surface area contributed by atoms with Crippen LogP contribution in [0.3, 0.4) is 0 Å². The predicted molar refractivity (Wildman–Crippen MR) is 112 cm³/mol. The fourth-order valence-electron chi connectivity index (χ4n) is 3.83. The Labute approximate surface area is 177 Å². The molecule has 0 spiro atoms. The molecular weight excluding hydrogens is 404 g/mol. The molecule has 2 heterocycles. The van der Waals surface area contributed by atoms with Crippen molar-refractivity contribution < 1.29 is 13.6 Å². The summed E-state index contributed by atoms with van der Waals surface area (Å²) in [5.41, 5.74) is 5.92. The van der Waals surface area contributed by atoms with Crippen molar-refractivity contribution in [3.63, 3.8) is 0 Å². The Balaban J connectivity index is 1.63. The number of nitrogens with zero attached hydrogens (tertiary/aromatic N) is 3. The maximum absolute atomic E-state index is 14.5. The largest absolute Gasteiger partial charge is 0.369 e. The van der Waals surface area contributed by atoms with Gasteiger partial charge in [0.25, 0.3) is 5.56 Å². The Morgan fingerprint density at radius 2 is 1.90 bits per heavy atom. The zero-order valence-electron chi connectivity index (χ0n) is 16.6. The summed E-state index contributed by atoms with van der Waals surface area (Å²) in [6.45, 7) is 0. The minimum atomic E-state index is -0.645. The molecule has 2 atom stereocenters. The third kappa shape index (κ3) is 4.60. The lowest BCUT2D eigenvalue weighted by atomic mass is 9.85. The zero-order valence-corrected chi connectivity index (χ0v) is 16.6. The molecule has 0 aliphatic heterocycles. The fourth-order valence-corrected chi connectivity index (χ4v) is 3.83. The first kappa shape index (κ1) is 20.6. The van der Waals surface area contributed by atoms with Crippen molar-refractivity contribution >= 4 is 11.9 Å². The number of primary amides is 1. The molecule has 2 aromatic heterocycles. The molecule has 1 aliphatic rings. The quantitative estimate of drug-likeness (QED) is 0.654. The van der Waals surface area contributed by atoms with Crippen LogP contribution in [0.4, 0.5) is 14.7 Å².